The quantitative estimate of drug-likeness (QED) is 0.388. The molecule has 5 heteroatoms. The molecule has 0 saturated carbocycles. The van der Waals surface area contributed by atoms with Crippen LogP contribution in [-0.4, -0.2) is 48.4 Å². The van der Waals surface area contributed by atoms with Crippen molar-refractivity contribution in [3.8, 4) is 0 Å². The summed E-state index contributed by atoms with van der Waals surface area (Å²) >= 11 is 0. The molecule has 1 aliphatic heterocycles. The van der Waals surface area contributed by atoms with Gasteiger partial charge in [-0.3, -0.25) is 9.59 Å². The van der Waals surface area contributed by atoms with E-state index in [1.54, 1.807) is 0 Å². The van der Waals surface area contributed by atoms with Crippen molar-refractivity contribution in [2.75, 3.05) is 20.6 Å². The van der Waals surface area contributed by atoms with Crippen LogP contribution in [0, 0.1) is 0 Å². The topological polar surface area (TPSA) is 66.6 Å². The second-order valence-electron chi connectivity index (χ2n) is 3.88. The number of nitrogens with zero attached hydrogens (tertiary/aromatic N) is 2. The van der Waals surface area contributed by atoms with Gasteiger partial charge >= 0.3 is 0 Å². The second-order valence-corrected chi connectivity index (χ2v) is 3.88. The maximum atomic E-state index is 11.8. The van der Waals surface area contributed by atoms with Crippen LogP contribution in [0.1, 0.15) is 12.8 Å². The number of rotatable bonds is 4. The SMILES string of the molecule is C=C(C(N)=O)C(=O)C1CCCN1N(C)C. The molecule has 0 aliphatic carbocycles. The first-order valence-electron chi connectivity index (χ1n) is 4.92. The number of nitrogens with two attached hydrogens (primary N) is 1. The van der Waals surface area contributed by atoms with Gasteiger partial charge in [-0.2, -0.15) is 0 Å². The van der Waals surface area contributed by atoms with Crippen LogP contribution < -0.4 is 5.73 Å². The van der Waals surface area contributed by atoms with Gasteiger partial charge in [0.15, 0.2) is 5.78 Å². The van der Waals surface area contributed by atoms with E-state index in [0.717, 1.165) is 19.4 Å². The highest BCUT2D eigenvalue weighted by Crippen LogP contribution is 2.20. The monoisotopic (exact) mass is 211 g/mol. The van der Waals surface area contributed by atoms with E-state index in [4.69, 9.17) is 5.73 Å². The van der Waals surface area contributed by atoms with Gasteiger partial charge in [0.25, 0.3) is 5.91 Å². The smallest absolute Gasteiger partial charge is 0.251 e. The molecule has 84 valence electrons. The third-order valence-corrected chi connectivity index (χ3v) is 2.64. The third-order valence-electron chi connectivity index (χ3n) is 2.64. The number of hydrogen-bond acceptors (Lipinski definition) is 4. The van der Waals surface area contributed by atoms with Crippen molar-refractivity contribution in [2.45, 2.75) is 18.9 Å². The zero-order valence-electron chi connectivity index (χ0n) is 9.19. The summed E-state index contributed by atoms with van der Waals surface area (Å²) in [5.41, 5.74) is 4.93. The van der Waals surface area contributed by atoms with E-state index in [9.17, 15) is 9.59 Å². The van der Waals surface area contributed by atoms with E-state index in [-0.39, 0.29) is 17.4 Å². The summed E-state index contributed by atoms with van der Waals surface area (Å²) in [6, 6.07) is -0.278. The Morgan fingerprint density at radius 1 is 1.47 bits per heavy atom. The van der Waals surface area contributed by atoms with Crippen molar-refractivity contribution in [1.82, 2.24) is 10.0 Å². The normalized spacial score (nSPS) is 21.9. The minimum atomic E-state index is -0.731. The highest BCUT2D eigenvalue weighted by Gasteiger charge is 2.34. The van der Waals surface area contributed by atoms with Crippen molar-refractivity contribution < 1.29 is 9.59 Å². The Morgan fingerprint density at radius 2 is 2.07 bits per heavy atom. The molecule has 1 fully saturated rings. The summed E-state index contributed by atoms with van der Waals surface area (Å²) in [6.07, 6.45) is 1.70. The summed E-state index contributed by atoms with van der Waals surface area (Å²) < 4.78 is 0. The Bertz CT molecular complexity index is 299. The molecule has 1 saturated heterocycles. The van der Waals surface area contributed by atoms with E-state index in [2.05, 4.69) is 6.58 Å². The second kappa shape index (κ2) is 4.55. The Hall–Kier alpha value is -1.20. The number of carbonyl (C=O) groups excluding carboxylic acids is 2. The Kier molecular flexibility index (Phi) is 3.60. The Morgan fingerprint density at radius 3 is 2.53 bits per heavy atom. The average molecular weight is 211 g/mol. The lowest BCUT2D eigenvalue weighted by Crippen LogP contribution is -2.46. The van der Waals surface area contributed by atoms with E-state index >= 15 is 0 Å². The molecule has 2 N–H and O–H groups in total. The maximum absolute atomic E-state index is 11.8. The predicted octanol–water partition coefficient (Wildman–Crippen LogP) is -0.462. The van der Waals surface area contributed by atoms with E-state index in [1.807, 2.05) is 24.1 Å². The van der Waals surface area contributed by atoms with E-state index in [1.165, 1.54) is 0 Å². The van der Waals surface area contributed by atoms with Crippen molar-refractivity contribution in [3.05, 3.63) is 12.2 Å². The predicted molar refractivity (Wildman–Crippen MR) is 56.8 cm³/mol. The molecule has 1 amide bonds. The maximum Gasteiger partial charge on any atom is 0.251 e. The lowest BCUT2D eigenvalue weighted by Gasteiger charge is -2.29. The van der Waals surface area contributed by atoms with Gasteiger partial charge in [-0.1, -0.05) is 6.58 Å². The van der Waals surface area contributed by atoms with Crippen molar-refractivity contribution in [2.24, 2.45) is 5.73 Å². The molecule has 5 nitrogen and oxygen atoms in total. The van der Waals surface area contributed by atoms with Crippen LogP contribution in [0.4, 0.5) is 0 Å². The van der Waals surface area contributed by atoms with Gasteiger partial charge in [-0.05, 0) is 12.8 Å². The number of carbonyl (C=O) groups is 2. The van der Waals surface area contributed by atoms with Gasteiger partial charge in [0, 0.05) is 20.6 Å². The van der Waals surface area contributed by atoms with Crippen LogP contribution in [-0.2, 0) is 9.59 Å². The fourth-order valence-corrected chi connectivity index (χ4v) is 1.82. The minimum absolute atomic E-state index is 0.103. The molecule has 1 aliphatic rings. The third kappa shape index (κ3) is 2.43. The van der Waals surface area contributed by atoms with Crippen LogP contribution in [0.15, 0.2) is 12.2 Å². The standard InChI is InChI=1S/C10H17N3O2/c1-7(10(11)15)9(14)8-5-4-6-13(8)12(2)3/h8H,1,4-6H2,2-3H3,(H2,11,15). The van der Waals surface area contributed by atoms with Crippen molar-refractivity contribution in [1.29, 1.82) is 0 Å². The first-order valence-corrected chi connectivity index (χ1v) is 4.92. The molecule has 15 heavy (non-hydrogen) atoms. The highest BCUT2D eigenvalue weighted by atomic mass is 16.2. The van der Waals surface area contributed by atoms with E-state index < -0.39 is 5.91 Å². The molecular formula is C10H17N3O2. The zero-order valence-corrected chi connectivity index (χ0v) is 9.19. The fourth-order valence-electron chi connectivity index (χ4n) is 1.82. The zero-order chi connectivity index (χ0) is 11.6. The molecule has 0 aromatic heterocycles. The van der Waals surface area contributed by atoms with Gasteiger partial charge in [0.05, 0.1) is 11.6 Å². The van der Waals surface area contributed by atoms with Crippen molar-refractivity contribution in [3.63, 3.8) is 0 Å². The molecule has 1 heterocycles. The largest absolute Gasteiger partial charge is 0.366 e. The molecule has 0 spiro atoms. The van der Waals surface area contributed by atoms with Gasteiger partial charge in [-0.25, -0.2) is 10.0 Å². The fraction of sp³-hybridized carbons (Fsp3) is 0.600. The number of primary amides is 1. The number of Topliss-reactive ketones (excluding diaryl/α,β-unsaturated/α-hetero) is 1. The number of hydrogen-bond donors (Lipinski definition) is 1. The van der Waals surface area contributed by atoms with Gasteiger partial charge < -0.3 is 5.73 Å². The molecule has 0 bridgehead atoms. The summed E-state index contributed by atoms with van der Waals surface area (Å²) in [5, 5.41) is 3.79. The van der Waals surface area contributed by atoms with Gasteiger partial charge in [-0.15, -0.1) is 0 Å². The summed E-state index contributed by atoms with van der Waals surface area (Å²) in [5.74, 6) is -0.987. The van der Waals surface area contributed by atoms with Crippen LogP contribution in [0.25, 0.3) is 0 Å². The lowest BCUT2D eigenvalue weighted by molar-refractivity contribution is -0.127. The lowest BCUT2D eigenvalue weighted by atomic mass is 10.0. The molecule has 0 aromatic rings. The van der Waals surface area contributed by atoms with Crippen molar-refractivity contribution >= 4 is 11.7 Å². The minimum Gasteiger partial charge on any atom is -0.366 e. The van der Waals surface area contributed by atoms with Crippen LogP contribution in [0.3, 0.4) is 0 Å². The van der Waals surface area contributed by atoms with Crippen LogP contribution in [0.5, 0.6) is 0 Å². The van der Waals surface area contributed by atoms with E-state index in [0.29, 0.717) is 0 Å². The molecule has 0 aromatic carbocycles. The molecule has 1 rings (SSSR count). The summed E-state index contributed by atoms with van der Waals surface area (Å²) in [7, 11) is 3.75. The number of ketones is 1. The first kappa shape index (κ1) is 11.9. The molecule has 1 atom stereocenters. The Labute approximate surface area is 89.5 Å². The molecular weight excluding hydrogens is 194 g/mol. The molecule has 0 radical (unpaired) electrons. The highest BCUT2D eigenvalue weighted by molar-refractivity contribution is 6.20. The Balaban J connectivity index is 2.75. The van der Waals surface area contributed by atoms with Gasteiger partial charge in [0.1, 0.15) is 0 Å². The molecule has 1 unspecified atom stereocenters. The average Bonchev–Trinajstić information content (AvgIpc) is 2.63. The summed E-state index contributed by atoms with van der Waals surface area (Å²) in [4.78, 5) is 22.7. The van der Waals surface area contributed by atoms with Crippen LogP contribution in [0.2, 0.25) is 0 Å². The first-order chi connectivity index (χ1) is 6.95. The van der Waals surface area contributed by atoms with Gasteiger partial charge in [0.2, 0.25) is 0 Å². The number of hydrazine groups is 1. The number of amides is 1. The summed E-state index contributed by atoms with van der Waals surface area (Å²) in [6.45, 7) is 4.25. The van der Waals surface area contributed by atoms with Crippen LogP contribution >= 0.6 is 0 Å².